The van der Waals surface area contributed by atoms with Gasteiger partial charge in [0.1, 0.15) is 23.6 Å². The molecule has 10 nitrogen and oxygen atoms in total. The molecule has 0 bridgehead atoms. The van der Waals surface area contributed by atoms with Gasteiger partial charge < -0.3 is 26.0 Å². The lowest BCUT2D eigenvalue weighted by Gasteiger charge is -2.33. The normalized spacial score (nSPS) is 25.4. The minimum Gasteiger partial charge on any atom is -0.383 e. The number of rotatable bonds is 14. The van der Waals surface area contributed by atoms with Crippen molar-refractivity contribution in [2.45, 2.75) is 109 Å². The standard InChI is InChI=1S/C28H44F2N4O6S/c1-6-7-12-41-26(22(36)25(39)31-16-8-9-16)33-23(37)20-17-10-11-28(29,30)18(17)13-34(20)27(40)19(14(2)3)32-24(38)21(35)15(4)5/h14-21,26,35H,6-13H2,1-5H3,(H,31,39)(H,32,38)(H,33,37)/t17-,18-,19-,20-,21-,26?/m0/s1. The van der Waals surface area contributed by atoms with Crippen LogP contribution in [0.15, 0.2) is 0 Å². The summed E-state index contributed by atoms with van der Waals surface area (Å²) in [7, 11) is 0. The number of alkyl halides is 2. The van der Waals surface area contributed by atoms with Crippen molar-refractivity contribution in [3.63, 3.8) is 0 Å². The van der Waals surface area contributed by atoms with E-state index in [2.05, 4.69) is 16.0 Å². The van der Waals surface area contributed by atoms with Crippen molar-refractivity contribution in [1.29, 1.82) is 0 Å². The molecule has 232 valence electrons. The Morgan fingerprint density at radius 1 is 1.02 bits per heavy atom. The molecule has 41 heavy (non-hydrogen) atoms. The highest BCUT2D eigenvalue weighted by Crippen LogP contribution is 2.51. The van der Waals surface area contributed by atoms with E-state index in [0.717, 1.165) is 42.3 Å². The first-order valence-corrected chi connectivity index (χ1v) is 15.7. The van der Waals surface area contributed by atoms with Gasteiger partial charge in [-0.3, -0.25) is 24.0 Å². The smallest absolute Gasteiger partial charge is 0.290 e. The van der Waals surface area contributed by atoms with E-state index in [1.165, 1.54) is 0 Å². The van der Waals surface area contributed by atoms with Crippen LogP contribution in [0, 0.1) is 23.7 Å². The Morgan fingerprint density at radius 3 is 2.24 bits per heavy atom. The van der Waals surface area contributed by atoms with Gasteiger partial charge in [0.05, 0.1) is 0 Å². The molecule has 0 aromatic heterocycles. The molecule has 0 aromatic carbocycles. The number of nitrogens with one attached hydrogen (secondary N) is 3. The molecule has 3 aliphatic rings. The first kappa shape index (κ1) is 33.2. The monoisotopic (exact) mass is 602 g/mol. The Bertz CT molecular complexity index is 1010. The Kier molecular flexibility index (Phi) is 11.2. The van der Waals surface area contributed by atoms with Gasteiger partial charge in [0.25, 0.3) is 17.6 Å². The van der Waals surface area contributed by atoms with Gasteiger partial charge in [0, 0.05) is 24.9 Å². The Balaban J connectivity index is 1.86. The lowest BCUT2D eigenvalue weighted by molar-refractivity contribution is -0.145. The second kappa shape index (κ2) is 13.8. The summed E-state index contributed by atoms with van der Waals surface area (Å²) in [6.45, 7) is 8.20. The topological polar surface area (TPSA) is 145 Å². The predicted molar refractivity (Wildman–Crippen MR) is 150 cm³/mol. The van der Waals surface area contributed by atoms with Crippen LogP contribution in [0.3, 0.4) is 0 Å². The van der Waals surface area contributed by atoms with E-state index in [0.29, 0.717) is 5.75 Å². The molecule has 1 unspecified atom stereocenters. The Morgan fingerprint density at radius 2 is 1.68 bits per heavy atom. The van der Waals surface area contributed by atoms with Crippen molar-refractivity contribution in [2.75, 3.05) is 12.3 Å². The molecule has 6 atom stereocenters. The fourth-order valence-electron chi connectivity index (χ4n) is 5.41. The average Bonchev–Trinajstić information content (AvgIpc) is 3.55. The highest BCUT2D eigenvalue weighted by atomic mass is 32.2. The van der Waals surface area contributed by atoms with Gasteiger partial charge >= 0.3 is 0 Å². The molecular weight excluding hydrogens is 558 g/mol. The third-order valence-corrected chi connectivity index (χ3v) is 9.31. The molecule has 1 heterocycles. The molecule has 4 N–H and O–H groups in total. The lowest BCUT2D eigenvalue weighted by Crippen LogP contribution is -2.59. The van der Waals surface area contributed by atoms with E-state index in [4.69, 9.17) is 0 Å². The van der Waals surface area contributed by atoms with Gasteiger partial charge in [-0.1, -0.05) is 41.0 Å². The zero-order chi connectivity index (χ0) is 30.6. The second-order valence-electron chi connectivity index (χ2n) is 12.1. The molecule has 3 rings (SSSR count). The number of aliphatic hydroxyl groups excluding tert-OH is 1. The van der Waals surface area contributed by atoms with Crippen molar-refractivity contribution in [1.82, 2.24) is 20.9 Å². The number of aliphatic hydroxyl groups is 1. The van der Waals surface area contributed by atoms with E-state index >= 15 is 0 Å². The zero-order valence-electron chi connectivity index (χ0n) is 24.5. The number of unbranched alkanes of at least 4 members (excludes halogenated alkanes) is 1. The van der Waals surface area contributed by atoms with Crippen molar-refractivity contribution in [3.05, 3.63) is 0 Å². The van der Waals surface area contributed by atoms with E-state index in [-0.39, 0.29) is 19.0 Å². The van der Waals surface area contributed by atoms with Crippen LogP contribution in [0.4, 0.5) is 8.78 Å². The van der Waals surface area contributed by atoms with Crippen LogP contribution in [-0.2, 0) is 24.0 Å². The van der Waals surface area contributed by atoms with Crippen LogP contribution in [0.1, 0.15) is 73.1 Å². The SMILES string of the molecule is CCCCSC(NC(=O)[C@@H]1[C@H]2CCC(F)(F)[C@H]2CN1C(=O)[C@@H](NC(=O)[C@@H](O)C(C)C)C(C)C)C(=O)C(=O)NC1CC1. The van der Waals surface area contributed by atoms with Crippen molar-refractivity contribution < 1.29 is 37.9 Å². The summed E-state index contributed by atoms with van der Waals surface area (Å²) in [6.07, 6.45) is 1.32. The first-order valence-electron chi connectivity index (χ1n) is 14.6. The van der Waals surface area contributed by atoms with Crippen molar-refractivity contribution >= 4 is 41.2 Å². The third-order valence-electron chi connectivity index (χ3n) is 8.12. The molecule has 13 heteroatoms. The Labute approximate surface area is 244 Å². The number of ketones is 1. The van der Waals surface area contributed by atoms with Gasteiger partial charge in [0.2, 0.25) is 17.7 Å². The highest BCUT2D eigenvalue weighted by Gasteiger charge is 2.61. The van der Waals surface area contributed by atoms with Gasteiger partial charge in [0.15, 0.2) is 0 Å². The number of amides is 4. The number of carbonyl (C=O) groups is 5. The van der Waals surface area contributed by atoms with Gasteiger partial charge in [-0.2, -0.15) is 0 Å². The molecule has 2 aliphatic carbocycles. The molecule has 1 saturated heterocycles. The largest absolute Gasteiger partial charge is 0.383 e. The highest BCUT2D eigenvalue weighted by molar-refractivity contribution is 8.00. The third kappa shape index (κ3) is 7.97. The van der Waals surface area contributed by atoms with E-state index < -0.39 is 89.0 Å². The minimum absolute atomic E-state index is 0.00799. The summed E-state index contributed by atoms with van der Waals surface area (Å²) in [6, 6.07) is -2.53. The summed E-state index contributed by atoms with van der Waals surface area (Å²) >= 11 is 1.10. The summed E-state index contributed by atoms with van der Waals surface area (Å²) in [5.74, 6) is -9.48. The minimum atomic E-state index is -3.09. The number of thioether (sulfide) groups is 1. The van der Waals surface area contributed by atoms with Crippen LogP contribution in [0.25, 0.3) is 0 Å². The second-order valence-corrected chi connectivity index (χ2v) is 13.4. The molecular formula is C28H44F2N4O6S. The van der Waals surface area contributed by atoms with Crippen LogP contribution < -0.4 is 16.0 Å². The van der Waals surface area contributed by atoms with Crippen LogP contribution in [0.5, 0.6) is 0 Å². The number of nitrogens with zero attached hydrogens (tertiary/aromatic N) is 1. The fraction of sp³-hybridized carbons (Fsp3) is 0.821. The van der Waals surface area contributed by atoms with Crippen molar-refractivity contribution in [2.24, 2.45) is 23.7 Å². The Hall–Kier alpha value is -2.28. The van der Waals surface area contributed by atoms with Gasteiger partial charge in [-0.15, -0.1) is 11.8 Å². The van der Waals surface area contributed by atoms with E-state index in [1.807, 2.05) is 6.92 Å². The van der Waals surface area contributed by atoms with Gasteiger partial charge in [-0.05, 0) is 49.2 Å². The number of halogens is 2. The van der Waals surface area contributed by atoms with E-state index in [9.17, 15) is 37.9 Å². The van der Waals surface area contributed by atoms with Crippen LogP contribution >= 0.6 is 11.8 Å². The number of carbonyl (C=O) groups excluding carboxylic acids is 5. The van der Waals surface area contributed by atoms with Crippen molar-refractivity contribution in [3.8, 4) is 0 Å². The first-order chi connectivity index (χ1) is 19.2. The number of hydrogen-bond donors (Lipinski definition) is 4. The predicted octanol–water partition coefficient (Wildman–Crippen LogP) is 1.84. The molecule has 0 spiro atoms. The summed E-state index contributed by atoms with van der Waals surface area (Å²) in [4.78, 5) is 66.8. The molecule has 1 aliphatic heterocycles. The van der Waals surface area contributed by atoms with E-state index in [1.54, 1.807) is 27.7 Å². The number of hydrogen-bond acceptors (Lipinski definition) is 7. The molecule has 0 radical (unpaired) electrons. The maximum atomic E-state index is 14.9. The number of fused-ring (bicyclic) bond motifs is 1. The number of Topliss-reactive ketones (excluding diaryl/α,β-unsaturated/α-hetero) is 1. The number of likely N-dealkylation sites (tertiary alicyclic amines) is 1. The lowest BCUT2D eigenvalue weighted by atomic mass is 9.92. The maximum Gasteiger partial charge on any atom is 0.290 e. The average molecular weight is 603 g/mol. The van der Waals surface area contributed by atoms with Crippen LogP contribution in [-0.4, -0.2) is 87.2 Å². The molecule has 3 fully saturated rings. The zero-order valence-corrected chi connectivity index (χ0v) is 25.3. The molecule has 2 saturated carbocycles. The summed E-state index contributed by atoms with van der Waals surface area (Å²) in [5, 5.41) is 16.7. The van der Waals surface area contributed by atoms with Gasteiger partial charge in [-0.25, -0.2) is 8.78 Å². The maximum absolute atomic E-state index is 14.9. The summed E-state index contributed by atoms with van der Waals surface area (Å²) < 4.78 is 29.8. The molecule has 4 amide bonds. The molecule has 0 aromatic rings. The van der Waals surface area contributed by atoms with Crippen LogP contribution in [0.2, 0.25) is 0 Å². The fourth-order valence-corrected chi connectivity index (χ4v) is 6.55. The quantitative estimate of drug-likeness (QED) is 0.135. The summed E-state index contributed by atoms with van der Waals surface area (Å²) in [5.41, 5.74) is 0.